The van der Waals surface area contributed by atoms with Gasteiger partial charge in [0.25, 0.3) is 0 Å². The summed E-state index contributed by atoms with van der Waals surface area (Å²) in [7, 11) is 0. The molecule has 1 heterocycles. The largest absolute Gasteiger partial charge is 0.394 e. The van der Waals surface area contributed by atoms with Crippen molar-refractivity contribution in [2.75, 3.05) is 19.7 Å². The lowest BCUT2D eigenvalue weighted by atomic mass is 9.95. The van der Waals surface area contributed by atoms with Crippen molar-refractivity contribution >= 4 is 11.8 Å². The standard InChI is InChI=1S/C14H22N2O3/c17-9-14(5-6-14)15-12(18)10-3-7-16(8-4-10)13(19)11-1-2-11/h10-11,17H,1-9H2,(H,15,18). The molecule has 0 aromatic carbocycles. The van der Waals surface area contributed by atoms with E-state index in [0.717, 1.165) is 38.5 Å². The van der Waals surface area contributed by atoms with Gasteiger partial charge in [-0.25, -0.2) is 0 Å². The summed E-state index contributed by atoms with van der Waals surface area (Å²) >= 11 is 0. The van der Waals surface area contributed by atoms with Crippen LogP contribution in [0.2, 0.25) is 0 Å². The van der Waals surface area contributed by atoms with E-state index in [1.807, 2.05) is 4.90 Å². The molecular weight excluding hydrogens is 244 g/mol. The van der Waals surface area contributed by atoms with Gasteiger partial charge in [0.05, 0.1) is 12.1 Å². The van der Waals surface area contributed by atoms with E-state index in [1.54, 1.807) is 0 Å². The SMILES string of the molecule is O=C(NC1(CO)CC1)C1CCN(C(=O)C2CC2)CC1. The van der Waals surface area contributed by atoms with Gasteiger partial charge in [-0.05, 0) is 38.5 Å². The predicted octanol–water partition coefficient (Wildman–Crippen LogP) is 0.276. The monoisotopic (exact) mass is 266 g/mol. The molecule has 1 aliphatic heterocycles. The molecule has 0 aromatic rings. The summed E-state index contributed by atoms with van der Waals surface area (Å²) in [4.78, 5) is 25.9. The minimum Gasteiger partial charge on any atom is -0.394 e. The topological polar surface area (TPSA) is 69.6 Å². The van der Waals surface area contributed by atoms with E-state index in [1.165, 1.54) is 0 Å². The molecule has 3 fully saturated rings. The summed E-state index contributed by atoms with van der Waals surface area (Å²) in [5.41, 5.74) is -0.321. The first-order valence-electron chi connectivity index (χ1n) is 7.35. The molecular formula is C14H22N2O3. The third-order valence-corrected chi connectivity index (χ3v) is 4.65. The number of hydrogen-bond donors (Lipinski definition) is 2. The number of carbonyl (C=O) groups is 2. The molecule has 0 unspecified atom stereocenters. The molecule has 3 aliphatic rings. The van der Waals surface area contributed by atoms with Crippen LogP contribution in [0.3, 0.4) is 0 Å². The van der Waals surface area contributed by atoms with Gasteiger partial charge >= 0.3 is 0 Å². The van der Waals surface area contributed by atoms with Gasteiger partial charge < -0.3 is 15.3 Å². The molecule has 0 atom stereocenters. The van der Waals surface area contributed by atoms with Crippen LogP contribution in [0.1, 0.15) is 38.5 Å². The molecule has 2 amide bonds. The second-order valence-electron chi connectivity index (χ2n) is 6.30. The molecule has 5 heteroatoms. The van der Waals surface area contributed by atoms with E-state index in [2.05, 4.69) is 5.32 Å². The molecule has 0 radical (unpaired) electrons. The van der Waals surface area contributed by atoms with Gasteiger partial charge in [-0.15, -0.1) is 0 Å². The Labute approximate surface area is 113 Å². The van der Waals surface area contributed by atoms with Crippen LogP contribution in [0.15, 0.2) is 0 Å². The predicted molar refractivity (Wildman–Crippen MR) is 69.2 cm³/mol. The molecule has 2 aliphatic carbocycles. The molecule has 106 valence electrons. The highest BCUT2D eigenvalue weighted by atomic mass is 16.3. The first-order valence-corrected chi connectivity index (χ1v) is 7.35. The van der Waals surface area contributed by atoms with Crippen molar-refractivity contribution in [3.8, 4) is 0 Å². The number of nitrogens with zero attached hydrogens (tertiary/aromatic N) is 1. The van der Waals surface area contributed by atoms with Crippen LogP contribution in [0.25, 0.3) is 0 Å². The Morgan fingerprint density at radius 3 is 2.21 bits per heavy atom. The lowest BCUT2D eigenvalue weighted by Gasteiger charge is -2.32. The molecule has 19 heavy (non-hydrogen) atoms. The van der Waals surface area contributed by atoms with Gasteiger partial charge in [-0.1, -0.05) is 0 Å². The van der Waals surface area contributed by atoms with E-state index < -0.39 is 0 Å². The van der Waals surface area contributed by atoms with E-state index >= 15 is 0 Å². The highest BCUT2D eigenvalue weighted by Crippen LogP contribution is 2.36. The summed E-state index contributed by atoms with van der Waals surface area (Å²) in [6.45, 7) is 1.46. The van der Waals surface area contributed by atoms with Crippen molar-refractivity contribution < 1.29 is 14.7 Å². The maximum absolute atomic E-state index is 12.1. The fourth-order valence-electron chi connectivity index (χ4n) is 2.79. The highest BCUT2D eigenvalue weighted by molar-refractivity contribution is 5.82. The molecule has 0 aromatic heterocycles. The fraction of sp³-hybridized carbons (Fsp3) is 0.857. The molecule has 5 nitrogen and oxygen atoms in total. The summed E-state index contributed by atoms with van der Waals surface area (Å²) in [5, 5.41) is 12.2. The zero-order valence-electron chi connectivity index (χ0n) is 11.2. The Bertz CT molecular complexity index is 380. The summed E-state index contributed by atoms with van der Waals surface area (Å²) in [6.07, 6.45) is 5.36. The fourth-order valence-corrected chi connectivity index (χ4v) is 2.79. The minimum absolute atomic E-state index is 0.00674. The second-order valence-corrected chi connectivity index (χ2v) is 6.30. The number of likely N-dealkylation sites (tertiary alicyclic amines) is 1. The lowest BCUT2D eigenvalue weighted by Crippen LogP contribution is -2.47. The van der Waals surface area contributed by atoms with E-state index in [0.29, 0.717) is 13.1 Å². The highest BCUT2D eigenvalue weighted by Gasteiger charge is 2.45. The smallest absolute Gasteiger partial charge is 0.225 e. The first-order chi connectivity index (χ1) is 9.13. The van der Waals surface area contributed by atoms with Crippen LogP contribution in [0.5, 0.6) is 0 Å². The van der Waals surface area contributed by atoms with Crippen molar-refractivity contribution in [3.05, 3.63) is 0 Å². The third-order valence-electron chi connectivity index (χ3n) is 4.65. The van der Waals surface area contributed by atoms with E-state index in [9.17, 15) is 14.7 Å². The summed E-state index contributed by atoms with van der Waals surface area (Å²) < 4.78 is 0. The van der Waals surface area contributed by atoms with Gasteiger partial charge in [0.15, 0.2) is 0 Å². The molecule has 1 saturated heterocycles. The van der Waals surface area contributed by atoms with Crippen molar-refractivity contribution in [2.45, 2.75) is 44.1 Å². The number of hydrogen-bond acceptors (Lipinski definition) is 3. The maximum atomic E-state index is 12.1. The van der Waals surface area contributed by atoms with Crippen LogP contribution >= 0.6 is 0 Å². The maximum Gasteiger partial charge on any atom is 0.225 e. The number of nitrogens with one attached hydrogen (secondary N) is 1. The number of aliphatic hydroxyl groups excluding tert-OH is 1. The van der Waals surface area contributed by atoms with Crippen molar-refractivity contribution in [1.29, 1.82) is 0 Å². The molecule has 2 N–H and O–H groups in total. The van der Waals surface area contributed by atoms with Crippen LogP contribution in [0, 0.1) is 11.8 Å². The van der Waals surface area contributed by atoms with Crippen LogP contribution in [0.4, 0.5) is 0 Å². The summed E-state index contributed by atoms with van der Waals surface area (Å²) in [6, 6.07) is 0. The van der Waals surface area contributed by atoms with Gasteiger partial charge in [0.2, 0.25) is 11.8 Å². The number of amides is 2. The van der Waals surface area contributed by atoms with E-state index in [-0.39, 0.29) is 35.8 Å². The Hall–Kier alpha value is -1.10. The quantitative estimate of drug-likeness (QED) is 0.767. The third kappa shape index (κ3) is 2.76. The molecule has 0 spiro atoms. The Kier molecular flexibility index (Phi) is 3.25. The number of rotatable bonds is 4. The first kappa shape index (κ1) is 12.9. The van der Waals surface area contributed by atoms with Crippen molar-refractivity contribution in [3.63, 3.8) is 0 Å². The number of carbonyl (C=O) groups excluding carboxylic acids is 2. The van der Waals surface area contributed by atoms with E-state index in [4.69, 9.17) is 0 Å². The van der Waals surface area contributed by atoms with Crippen molar-refractivity contribution in [2.24, 2.45) is 11.8 Å². The molecule has 3 rings (SSSR count). The average Bonchev–Trinajstić information content (AvgIpc) is 3.32. The van der Waals surface area contributed by atoms with Crippen LogP contribution in [-0.4, -0.2) is 47.1 Å². The zero-order chi connectivity index (χ0) is 13.5. The van der Waals surface area contributed by atoms with Gasteiger partial charge in [0.1, 0.15) is 0 Å². The Morgan fingerprint density at radius 2 is 1.74 bits per heavy atom. The van der Waals surface area contributed by atoms with Gasteiger partial charge in [-0.2, -0.15) is 0 Å². The zero-order valence-corrected chi connectivity index (χ0v) is 11.2. The Morgan fingerprint density at radius 1 is 1.11 bits per heavy atom. The second kappa shape index (κ2) is 4.78. The molecule has 0 bridgehead atoms. The minimum atomic E-state index is -0.321. The lowest BCUT2D eigenvalue weighted by molar-refractivity contribution is -0.137. The summed E-state index contributed by atoms with van der Waals surface area (Å²) in [5.74, 6) is 0.625. The van der Waals surface area contributed by atoms with Gasteiger partial charge in [-0.3, -0.25) is 9.59 Å². The van der Waals surface area contributed by atoms with Crippen LogP contribution < -0.4 is 5.32 Å². The van der Waals surface area contributed by atoms with Crippen LogP contribution in [-0.2, 0) is 9.59 Å². The number of piperidine rings is 1. The number of aliphatic hydroxyl groups is 1. The van der Waals surface area contributed by atoms with Gasteiger partial charge in [0, 0.05) is 24.9 Å². The average molecular weight is 266 g/mol. The Balaban J connectivity index is 1.46. The molecule has 2 saturated carbocycles. The van der Waals surface area contributed by atoms with Crippen molar-refractivity contribution in [1.82, 2.24) is 10.2 Å². The normalized spacial score (nSPS) is 26.1.